The molecule has 1 aromatic heterocycles. The number of carbonyl (C=O) groups is 1. The van der Waals surface area contributed by atoms with Gasteiger partial charge in [-0.1, -0.05) is 37.3 Å². The van der Waals surface area contributed by atoms with E-state index in [9.17, 15) is 4.79 Å². The number of rotatable bonds is 5. The first-order valence-corrected chi connectivity index (χ1v) is 7.93. The highest BCUT2D eigenvalue weighted by molar-refractivity contribution is 7.10. The molecule has 21 heavy (non-hydrogen) atoms. The van der Waals surface area contributed by atoms with Crippen LogP contribution in [-0.2, 0) is 4.79 Å². The van der Waals surface area contributed by atoms with Crippen LogP contribution in [0.1, 0.15) is 31.8 Å². The van der Waals surface area contributed by atoms with E-state index in [0.29, 0.717) is 0 Å². The van der Waals surface area contributed by atoms with Gasteiger partial charge in [-0.15, -0.1) is 11.3 Å². The molecule has 0 aliphatic carbocycles. The Morgan fingerprint density at radius 1 is 1.24 bits per heavy atom. The van der Waals surface area contributed by atoms with E-state index in [-0.39, 0.29) is 23.9 Å². The van der Waals surface area contributed by atoms with Crippen molar-refractivity contribution >= 4 is 17.2 Å². The normalized spacial score (nSPS) is 15.2. The smallest absolute Gasteiger partial charge is 0.224 e. The predicted octanol–water partition coefficient (Wildman–Crippen LogP) is 2.97. The lowest BCUT2D eigenvalue weighted by atomic mass is 10.0. The van der Waals surface area contributed by atoms with Gasteiger partial charge in [0, 0.05) is 22.9 Å². The van der Waals surface area contributed by atoms with E-state index >= 15 is 0 Å². The molecule has 1 aromatic carbocycles. The van der Waals surface area contributed by atoms with Gasteiger partial charge in [0.15, 0.2) is 0 Å². The molecule has 2 aromatic rings. The van der Waals surface area contributed by atoms with Crippen molar-refractivity contribution in [3.05, 3.63) is 40.7 Å². The van der Waals surface area contributed by atoms with Gasteiger partial charge in [-0.25, -0.2) is 4.98 Å². The second kappa shape index (κ2) is 6.83. The maximum Gasteiger partial charge on any atom is 0.224 e. The van der Waals surface area contributed by atoms with Gasteiger partial charge < -0.3 is 11.1 Å². The molecule has 3 unspecified atom stereocenters. The maximum absolute atomic E-state index is 12.0. The summed E-state index contributed by atoms with van der Waals surface area (Å²) < 4.78 is 0. The Morgan fingerprint density at radius 2 is 1.90 bits per heavy atom. The summed E-state index contributed by atoms with van der Waals surface area (Å²) in [5, 5.41) is 5.89. The summed E-state index contributed by atoms with van der Waals surface area (Å²) in [4.78, 5) is 16.6. The van der Waals surface area contributed by atoms with Gasteiger partial charge in [-0.2, -0.15) is 0 Å². The molecule has 0 saturated carbocycles. The lowest BCUT2D eigenvalue weighted by molar-refractivity contribution is -0.125. The average molecular weight is 303 g/mol. The summed E-state index contributed by atoms with van der Waals surface area (Å²) in [5.74, 6) is -0.241. The zero-order valence-electron chi connectivity index (χ0n) is 12.5. The SMILES string of the molecule is CC(NC(=O)C(C)C(C)N)c1nc(-c2ccccc2)cs1. The first kappa shape index (κ1) is 15.7. The lowest BCUT2D eigenvalue weighted by Crippen LogP contribution is -2.39. The van der Waals surface area contributed by atoms with Crippen LogP contribution in [-0.4, -0.2) is 16.9 Å². The van der Waals surface area contributed by atoms with Crippen LogP contribution in [0.3, 0.4) is 0 Å². The van der Waals surface area contributed by atoms with Crippen molar-refractivity contribution in [3.8, 4) is 11.3 Å². The number of hydrogen-bond donors (Lipinski definition) is 2. The van der Waals surface area contributed by atoms with Crippen LogP contribution in [0.15, 0.2) is 35.7 Å². The van der Waals surface area contributed by atoms with Crippen molar-refractivity contribution in [1.29, 1.82) is 0 Å². The van der Waals surface area contributed by atoms with Crippen LogP contribution in [0.25, 0.3) is 11.3 Å². The molecule has 0 aliphatic rings. The van der Waals surface area contributed by atoms with E-state index in [1.807, 2.05) is 56.5 Å². The maximum atomic E-state index is 12.0. The van der Waals surface area contributed by atoms with Gasteiger partial charge in [0.25, 0.3) is 0 Å². The number of nitrogens with one attached hydrogen (secondary N) is 1. The molecule has 3 atom stereocenters. The summed E-state index contributed by atoms with van der Waals surface area (Å²) in [5.41, 5.74) is 7.78. The number of nitrogens with two attached hydrogens (primary N) is 1. The Balaban J connectivity index is 2.06. The predicted molar refractivity (Wildman–Crippen MR) is 86.9 cm³/mol. The summed E-state index contributed by atoms with van der Waals surface area (Å²) in [6.45, 7) is 5.62. The zero-order valence-corrected chi connectivity index (χ0v) is 13.4. The highest BCUT2D eigenvalue weighted by Crippen LogP contribution is 2.25. The molecule has 0 radical (unpaired) electrons. The molecule has 3 N–H and O–H groups in total. The van der Waals surface area contributed by atoms with E-state index in [2.05, 4.69) is 10.3 Å². The third kappa shape index (κ3) is 3.89. The topological polar surface area (TPSA) is 68.0 Å². The van der Waals surface area contributed by atoms with Crippen LogP contribution >= 0.6 is 11.3 Å². The first-order valence-electron chi connectivity index (χ1n) is 7.06. The molecule has 0 bridgehead atoms. The van der Waals surface area contributed by atoms with Crippen molar-refractivity contribution in [2.24, 2.45) is 11.7 Å². The molecule has 0 aliphatic heterocycles. The van der Waals surface area contributed by atoms with E-state index < -0.39 is 0 Å². The van der Waals surface area contributed by atoms with Gasteiger partial charge in [-0.3, -0.25) is 4.79 Å². The van der Waals surface area contributed by atoms with Crippen LogP contribution in [0.4, 0.5) is 0 Å². The third-order valence-electron chi connectivity index (χ3n) is 3.52. The minimum absolute atomic E-state index is 0.0334. The number of carbonyl (C=O) groups excluding carboxylic acids is 1. The fourth-order valence-corrected chi connectivity index (χ4v) is 2.71. The van der Waals surface area contributed by atoms with Gasteiger partial charge in [-0.05, 0) is 13.8 Å². The second-order valence-electron chi connectivity index (χ2n) is 5.32. The molecule has 112 valence electrons. The molecule has 4 nitrogen and oxygen atoms in total. The molecular formula is C16H21N3OS. The third-order valence-corrected chi connectivity index (χ3v) is 4.55. The number of amides is 1. The van der Waals surface area contributed by atoms with Gasteiger partial charge in [0.1, 0.15) is 5.01 Å². The number of benzene rings is 1. The minimum Gasteiger partial charge on any atom is -0.347 e. The summed E-state index contributed by atoms with van der Waals surface area (Å²) in [6.07, 6.45) is 0. The molecule has 2 rings (SSSR count). The Morgan fingerprint density at radius 3 is 2.52 bits per heavy atom. The summed E-state index contributed by atoms with van der Waals surface area (Å²) in [7, 11) is 0. The fourth-order valence-electron chi connectivity index (χ4n) is 1.87. The zero-order chi connectivity index (χ0) is 15.4. The highest BCUT2D eigenvalue weighted by Gasteiger charge is 2.20. The van der Waals surface area contributed by atoms with Gasteiger partial charge in [0.05, 0.1) is 11.7 Å². The van der Waals surface area contributed by atoms with E-state index in [1.54, 1.807) is 11.3 Å². The monoisotopic (exact) mass is 303 g/mol. The number of hydrogen-bond acceptors (Lipinski definition) is 4. The van der Waals surface area contributed by atoms with Crippen LogP contribution in [0, 0.1) is 5.92 Å². The van der Waals surface area contributed by atoms with E-state index in [1.165, 1.54) is 0 Å². The highest BCUT2D eigenvalue weighted by atomic mass is 32.1. The Hall–Kier alpha value is -1.72. The van der Waals surface area contributed by atoms with E-state index in [4.69, 9.17) is 5.73 Å². The molecular weight excluding hydrogens is 282 g/mol. The first-order chi connectivity index (χ1) is 9.99. The standard InChI is InChI=1S/C16H21N3OS/c1-10(11(2)17)15(20)18-12(3)16-19-14(9-21-16)13-7-5-4-6-8-13/h4-12H,17H2,1-3H3,(H,18,20). The number of aromatic nitrogens is 1. The Labute approximate surface area is 129 Å². The Bertz CT molecular complexity index is 595. The summed E-state index contributed by atoms with van der Waals surface area (Å²) >= 11 is 1.56. The van der Waals surface area contributed by atoms with Gasteiger partial charge >= 0.3 is 0 Å². The fraction of sp³-hybridized carbons (Fsp3) is 0.375. The van der Waals surface area contributed by atoms with E-state index in [0.717, 1.165) is 16.3 Å². The molecule has 1 amide bonds. The molecule has 0 fully saturated rings. The van der Waals surface area contributed by atoms with Crippen molar-refractivity contribution in [3.63, 3.8) is 0 Å². The minimum atomic E-state index is -0.207. The van der Waals surface area contributed by atoms with Gasteiger partial charge in [0.2, 0.25) is 5.91 Å². The molecule has 1 heterocycles. The van der Waals surface area contributed by atoms with Crippen molar-refractivity contribution in [2.75, 3.05) is 0 Å². The average Bonchev–Trinajstić information content (AvgIpc) is 2.97. The largest absolute Gasteiger partial charge is 0.347 e. The molecule has 0 saturated heterocycles. The Kier molecular flexibility index (Phi) is 5.09. The van der Waals surface area contributed by atoms with Crippen molar-refractivity contribution < 1.29 is 4.79 Å². The summed E-state index contributed by atoms with van der Waals surface area (Å²) in [6, 6.07) is 9.75. The quantitative estimate of drug-likeness (QED) is 0.892. The van der Waals surface area contributed by atoms with Crippen LogP contribution in [0.5, 0.6) is 0 Å². The number of thiazole rings is 1. The van der Waals surface area contributed by atoms with Crippen LogP contribution < -0.4 is 11.1 Å². The molecule has 5 heteroatoms. The van der Waals surface area contributed by atoms with Crippen molar-refractivity contribution in [1.82, 2.24) is 10.3 Å². The molecule has 0 spiro atoms. The lowest BCUT2D eigenvalue weighted by Gasteiger charge is -2.18. The van der Waals surface area contributed by atoms with Crippen molar-refractivity contribution in [2.45, 2.75) is 32.9 Å². The van der Waals surface area contributed by atoms with Crippen LogP contribution in [0.2, 0.25) is 0 Å². The second-order valence-corrected chi connectivity index (χ2v) is 6.20. The number of nitrogens with zero attached hydrogens (tertiary/aromatic N) is 1.